The Morgan fingerprint density at radius 1 is 1.55 bits per heavy atom. The van der Waals surface area contributed by atoms with Crippen molar-refractivity contribution in [2.24, 2.45) is 5.73 Å². The fourth-order valence-electron chi connectivity index (χ4n) is 1.88. The highest BCUT2D eigenvalue weighted by Crippen LogP contribution is 2.11. The molecule has 108 valence electrons. The summed E-state index contributed by atoms with van der Waals surface area (Å²) in [5, 5.41) is 20.9. The summed E-state index contributed by atoms with van der Waals surface area (Å²) >= 11 is 0. The van der Waals surface area contributed by atoms with Crippen molar-refractivity contribution in [3.63, 3.8) is 0 Å². The van der Waals surface area contributed by atoms with Crippen LogP contribution in [0.4, 0.5) is 0 Å². The maximum atomic E-state index is 11.0. The van der Waals surface area contributed by atoms with E-state index in [-0.39, 0.29) is 12.2 Å². The normalized spacial score (nSPS) is 12.6. The Labute approximate surface area is 116 Å². The molecule has 0 bridgehead atoms. The molecule has 0 amide bonds. The van der Waals surface area contributed by atoms with Gasteiger partial charge >= 0.3 is 5.97 Å². The molecule has 1 atom stereocenters. The monoisotopic (exact) mass is 278 g/mol. The molecule has 2 aromatic rings. The van der Waals surface area contributed by atoms with Gasteiger partial charge in [-0.25, -0.2) is 9.48 Å². The first-order chi connectivity index (χ1) is 9.56. The highest BCUT2D eigenvalue weighted by molar-refractivity contribution is 5.86. The molecule has 20 heavy (non-hydrogen) atoms. The largest absolute Gasteiger partial charge is 0.476 e. The van der Waals surface area contributed by atoms with Crippen LogP contribution >= 0.6 is 0 Å². The molecular formula is C12H18N6O2. The van der Waals surface area contributed by atoms with Gasteiger partial charge in [0.2, 0.25) is 0 Å². The Morgan fingerprint density at radius 3 is 2.90 bits per heavy atom. The van der Waals surface area contributed by atoms with E-state index in [0.29, 0.717) is 18.3 Å². The zero-order valence-corrected chi connectivity index (χ0v) is 11.5. The van der Waals surface area contributed by atoms with Crippen LogP contribution in [0.5, 0.6) is 0 Å². The van der Waals surface area contributed by atoms with Gasteiger partial charge in [-0.3, -0.25) is 4.68 Å². The van der Waals surface area contributed by atoms with Crippen molar-refractivity contribution in [3.8, 4) is 0 Å². The number of nitrogens with two attached hydrogens (primary N) is 1. The minimum atomic E-state index is -1.12. The van der Waals surface area contributed by atoms with Gasteiger partial charge in [0.15, 0.2) is 5.69 Å². The standard InChI is InChI=1S/C12H18N6O2/c1-3-8(2)17-5-4-9(15-17)7-18-10(6-13)11(12(19)20)14-16-18/h4-5,8H,3,6-7,13H2,1-2H3,(H,19,20). The van der Waals surface area contributed by atoms with E-state index in [1.807, 2.05) is 16.9 Å². The van der Waals surface area contributed by atoms with E-state index in [1.165, 1.54) is 4.68 Å². The number of carboxylic acids is 1. The SMILES string of the molecule is CCC(C)n1ccc(Cn2nnc(C(=O)O)c2CN)n1. The van der Waals surface area contributed by atoms with Gasteiger partial charge in [0.05, 0.1) is 17.9 Å². The molecule has 0 aliphatic carbocycles. The molecule has 0 fully saturated rings. The summed E-state index contributed by atoms with van der Waals surface area (Å²) in [6, 6.07) is 2.21. The molecule has 2 aromatic heterocycles. The quantitative estimate of drug-likeness (QED) is 0.802. The van der Waals surface area contributed by atoms with E-state index in [9.17, 15) is 4.79 Å². The maximum absolute atomic E-state index is 11.0. The van der Waals surface area contributed by atoms with E-state index in [2.05, 4.69) is 29.3 Å². The Balaban J connectivity index is 2.22. The van der Waals surface area contributed by atoms with Gasteiger partial charge in [0, 0.05) is 18.8 Å². The van der Waals surface area contributed by atoms with Crippen LogP contribution in [0.1, 0.15) is 48.2 Å². The van der Waals surface area contributed by atoms with Gasteiger partial charge < -0.3 is 10.8 Å². The van der Waals surface area contributed by atoms with Crippen molar-refractivity contribution in [1.82, 2.24) is 24.8 Å². The first-order valence-electron chi connectivity index (χ1n) is 6.46. The fraction of sp³-hybridized carbons (Fsp3) is 0.500. The third-order valence-electron chi connectivity index (χ3n) is 3.25. The summed E-state index contributed by atoms with van der Waals surface area (Å²) in [4.78, 5) is 11.0. The van der Waals surface area contributed by atoms with Crippen LogP contribution in [-0.4, -0.2) is 35.9 Å². The summed E-state index contributed by atoms with van der Waals surface area (Å²) in [6.07, 6.45) is 2.89. The molecule has 0 aliphatic rings. The zero-order chi connectivity index (χ0) is 14.7. The minimum Gasteiger partial charge on any atom is -0.476 e. The highest BCUT2D eigenvalue weighted by atomic mass is 16.4. The van der Waals surface area contributed by atoms with Crippen molar-refractivity contribution in [3.05, 3.63) is 29.3 Å². The topological polar surface area (TPSA) is 112 Å². The molecule has 2 heterocycles. The number of aromatic carboxylic acids is 1. The molecule has 0 spiro atoms. The predicted molar refractivity (Wildman–Crippen MR) is 71.2 cm³/mol. The van der Waals surface area contributed by atoms with Gasteiger partial charge in [-0.1, -0.05) is 12.1 Å². The van der Waals surface area contributed by atoms with Gasteiger partial charge in [-0.05, 0) is 19.4 Å². The number of hydrogen-bond donors (Lipinski definition) is 2. The highest BCUT2D eigenvalue weighted by Gasteiger charge is 2.18. The van der Waals surface area contributed by atoms with Gasteiger partial charge in [0.25, 0.3) is 0 Å². The molecular weight excluding hydrogens is 260 g/mol. The Hall–Kier alpha value is -2.22. The summed E-state index contributed by atoms with van der Waals surface area (Å²) < 4.78 is 3.36. The average Bonchev–Trinajstić information content (AvgIpc) is 3.04. The second-order valence-corrected chi connectivity index (χ2v) is 4.60. The van der Waals surface area contributed by atoms with Crippen LogP contribution in [0.25, 0.3) is 0 Å². The second-order valence-electron chi connectivity index (χ2n) is 4.60. The third-order valence-corrected chi connectivity index (χ3v) is 3.25. The Morgan fingerprint density at radius 2 is 2.30 bits per heavy atom. The number of carbonyl (C=O) groups is 1. The average molecular weight is 278 g/mol. The van der Waals surface area contributed by atoms with Crippen LogP contribution in [0, 0.1) is 0 Å². The van der Waals surface area contributed by atoms with Crippen molar-refractivity contribution in [2.75, 3.05) is 0 Å². The molecule has 8 nitrogen and oxygen atoms in total. The van der Waals surface area contributed by atoms with Crippen molar-refractivity contribution in [1.29, 1.82) is 0 Å². The summed E-state index contributed by atoms with van der Waals surface area (Å²) in [5.41, 5.74) is 6.66. The van der Waals surface area contributed by atoms with E-state index in [0.717, 1.165) is 12.1 Å². The van der Waals surface area contributed by atoms with Gasteiger partial charge in [-0.15, -0.1) is 5.10 Å². The van der Waals surface area contributed by atoms with Crippen LogP contribution in [-0.2, 0) is 13.1 Å². The number of hydrogen-bond acceptors (Lipinski definition) is 5. The van der Waals surface area contributed by atoms with Crippen LogP contribution < -0.4 is 5.73 Å². The lowest BCUT2D eigenvalue weighted by atomic mass is 10.3. The van der Waals surface area contributed by atoms with E-state index >= 15 is 0 Å². The first-order valence-corrected chi connectivity index (χ1v) is 6.46. The van der Waals surface area contributed by atoms with Crippen LogP contribution in [0.3, 0.4) is 0 Å². The summed E-state index contributed by atoms with van der Waals surface area (Å²) in [7, 11) is 0. The van der Waals surface area contributed by atoms with Crippen molar-refractivity contribution in [2.45, 2.75) is 39.4 Å². The minimum absolute atomic E-state index is 0.0701. The lowest BCUT2D eigenvalue weighted by molar-refractivity contribution is 0.0689. The zero-order valence-electron chi connectivity index (χ0n) is 11.5. The number of rotatable bonds is 6. The molecule has 0 radical (unpaired) electrons. The Bertz CT molecular complexity index is 603. The fourth-order valence-corrected chi connectivity index (χ4v) is 1.88. The van der Waals surface area contributed by atoms with Gasteiger partial charge in [0.1, 0.15) is 0 Å². The molecule has 1 unspecified atom stereocenters. The smallest absolute Gasteiger partial charge is 0.358 e. The van der Waals surface area contributed by atoms with Crippen molar-refractivity contribution < 1.29 is 9.90 Å². The number of aromatic nitrogens is 5. The summed E-state index contributed by atoms with van der Waals surface area (Å²) in [6.45, 7) is 4.60. The molecule has 2 rings (SSSR count). The lowest BCUT2D eigenvalue weighted by Gasteiger charge is -2.08. The molecule has 0 aromatic carbocycles. The predicted octanol–water partition coefficient (Wildman–Crippen LogP) is 0.651. The molecule has 8 heteroatoms. The van der Waals surface area contributed by atoms with Crippen LogP contribution in [0.15, 0.2) is 12.3 Å². The third kappa shape index (κ3) is 2.69. The Kier molecular flexibility index (Phi) is 4.14. The van der Waals surface area contributed by atoms with E-state index < -0.39 is 5.97 Å². The summed E-state index contributed by atoms with van der Waals surface area (Å²) in [5.74, 6) is -1.12. The molecule has 0 saturated heterocycles. The van der Waals surface area contributed by atoms with E-state index in [1.54, 1.807) is 0 Å². The first kappa shape index (κ1) is 14.2. The van der Waals surface area contributed by atoms with Gasteiger partial charge in [-0.2, -0.15) is 5.10 Å². The second kappa shape index (κ2) is 5.83. The molecule has 0 aliphatic heterocycles. The lowest BCUT2D eigenvalue weighted by Crippen LogP contribution is -2.14. The number of nitrogens with zero attached hydrogens (tertiary/aromatic N) is 5. The number of carboxylic acid groups (broad SMARTS) is 1. The van der Waals surface area contributed by atoms with Crippen LogP contribution in [0.2, 0.25) is 0 Å². The van der Waals surface area contributed by atoms with Crippen molar-refractivity contribution >= 4 is 5.97 Å². The molecule has 3 N–H and O–H groups in total. The van der Waals surface area contributed by atoms with E-state index in [4.69, 9.17) is 10.8 Å². The molecule has 0 saturated carbocycles. The maximum Gasteiger partial charge on any atom is 0.358 e.